The quantitative estimate of drug-likeness (QED) is 0.778. The van der Waals surface area contributed by atoms with Crippen molar-refractivity contribution < 1.29 is 13.2 Å². The molecule has 0 fully saturated rings. The van der Waals surface area contributed by atoms with E-state index in [1.807, 2.05) is 19.0 Å². The second kappa shape index (κ2) is 6.55. The van der Waals surface area contributed by atoms with E-state index < -0.39 is 11.9 Å². The van der Waals surface area contributed by atoms with Crippen LogP contribution in [0.5, 0.6) is 0 Å². The summed E-state index contributed by atoms with van der Waals surface area (Å²) < 4.78 is 37.9. The van der Waals surface area contributed by atoms with E-state index in [2.05, 4.69) is 20.6 Å². The zero-order valence-electron chi connectivity index (χ0n) is 11.2. The highest BCUT2D eigenvalue weighted by Gasteiger charge is 2.33. The molecule has 0 spiro atoms. The molecule has 8 heteroatoms. The van der Waals surface area contributed by atoms with Gasteiger partial charge < -0.3 is 15.5 Å². The van der Waals surface area contributed by atoms with E-state index in [1.54, 1.807) is 0 Å². The zero-order chi connectivity index (χ0) is 14.5. The van der Waals surface area contributed by atoms with Crippen LogP contribution in [0.4, 0.5) is 24.9 Å². The van der Waals surface area contributed by atoms with Gasteiger partial charge in [0.05, 0.1) is 0 Å². The molecular formula is C11H18F3N5. The molecule has 1 rings (SSSR count). The van der Waals surface area contributed by atoms with Crippen LogP contribution in [-0.4, -0.2) is 49.1 Å². The number of alkyl halides is 3. The molecule has 1 heterocycles. The molecule has 0 atom stereocenters. The Balaban J connectivity index is 2.72. The van der Waals surface area contributed by atoms with Gasteiger partial charge in [0.1, 0.15) is 5.82 Å². The first kappa shape index (κ1) is 15.5. The largest absolute Gasteiger partial charge is 0.433 e. The van der Waals surface area contributed by atoms with Crippen LogP contribution in [0.3, 0.4) is 0 Å². The third kappa shape index (κ3) is 5.29. The van der Waals surface area contributed by atoms with Gasteiger partial charge in [-0.05, 0) is 27.1 Å². The highest BCUT2D eigenvalue weighted by atomic mass is 19.4. The monoisotopic (exact) mass is 277 g/mol. The summed E-state index contributed by atoms with van der Waals surface area (Å²) in [7, 11) is 5.35. The normalized spacial score (nSPS) is 11.7. The number of hydrogen-bond donors (Lipinski definition) is 2. The fraction of sp³-hybridized carbons (Fsp3) is 0.636. The van der Waals surface area contributed by atoms with E-state index in [-0.39, 0.29) is 11.8 Å². The molecule has 0 saturated heterocycles. The molecule has 1 aromatic rings. The summed E-state index contributed by atoms with van der Waals surface area (Å²) in [6, 6.07) is 0.913. The molecule has 0 aliphatic carbocycles. The minimum Gasteiger partial charge on any atom is -0.370 e. The molecule has 0 unspecified atom stereocenters. The molecular weight excluding hydrogens is 259 g/mol. The lowest BCUT2D eigenvalue weighted by molar-refractivity contribution is -0.141. The number of nitrogens with one attached hydrogen (secondary N) is 2. The molecule has 0 radical (unpaired) electrons. The summed E-state index contributed by atoms with van der Waals surface area (Å²) in [6.45, 7) is 1.40. The van der Waals surface area contributed by atoms with E-state index in [0.717, 1.165) is 19.0 Å². The van der Waals surface area contributed by atoms with Crippen molar-refractivity contribution in [2.45, 2.75) is 12.6 Å². The van der Waals surface area contributed by atoms with E-state index in [0.29, 0.717) is 6.54 Å². The Bertz CT molecular complexity index is 406. The van der Waals surface area contributed by atoms with Crippen LogP contribution in [0.2, 0.25) is 0 Å². The molecule has 0 amide bonds. The fourth-order valence-corrected chi connectivity index (χ4v) is 1.41. The highest BCUT2D eigenvalue weighted by Crippen LogP contribution is 2.29. The average Bonchev–Trinajstić information content (AvgIpc) is 2.33. The van der Waals surface area contributed by atoms with Crippen LogP contribution in [0.1, 0.15) is 12.1 Å². The molecule has 0 saturated carbocycles. The lowest BCUT2D eigenvalue weighted by Gasteiger charge is -2.12. The maximum atomic E-state index is 12.6. The number of halogens is 3. The summed E-state index contributed by atoms with van der Waals surface area (Å²) in [5.41, 5.74) is -0.957. The molecule has 0 aromatic carbocycles. The second-order valence-corrected chi connectivity index (χ2v) is 4.29. The number of hydrogen-bond acceptors (Lipinski definition) is 5. The Morgan fingerprint density at radius 1 is 1.26 bits per heavy atom. The van der Waals surface area contributed by atoms with Gasteiger partial charge in [0.2, 0.25) is 5.95 Å². The first-order chi connectivity index (χ1) is 8.82. The lowest BCUT2D eigenvalue weighted by Crippen LogP contribution is -2.17. The molecule has 19 heavy (non-hydrogen) atoms. The predicted molar refractivity (Wildman–Crippen MR) is 68.2 cm³/mol. The van der Waals surface area contributed by atoms with Gasteiger partial charge in [-0.15, -0.1) is 0 Å². The number of rotatable bonds is 6. The van der Waals surface area contributed by atoms with Crippen molar-refractivity contribution in [1.82, 2.24) is 14.9 Å². The van der Waals surface area contributed by atoms with Crippen molar-refractivity contribution >= 4 is 11.8 Å². The van der Waals surface area contributed by atoms with Crippen molar-refractivity contribution in [2.75, 3.05) is 44.9 Å². The van der Waals surface area contributed by atoms with E-state index >= 15 is 0 Å². The van der Waals surface area contributed by atoms with Gasteiger partial charge in [0.15, 0.2) is 5.69 Å². The van der Waals surface area contributed by atoms with Crippen LogP contribution < -0.4 is 10.6 Å². The Morgan fingerprint density at radius 2 is 1.95 bits per heavy atom. The summed E-state index contributed by atoms with van der Waals surface area (Å²) in [6.07, 6.45) is -3.66. The fourth-order valence-electron chi connectivity index (χ4n) is 1.41. The van der Waals surface area contributed by atoms with Crippen molar-refractivity contribution in [3.05, 3.63) is 11.8 Å². The van der Waals surface area contributed by atoms with E-state index in [4.69, 9.17) is 0 Å². The second-order valence-electron chi connectivity index (χ2n) is 4.29. The molecule has 5 nitrogen and oxygen atoms in total. The molecule has 1 aromatic heterocycles. The van der Waals surface area contributed by atoms with Crippen LogP contribution in [0.15, 0.2) is 6.07 Å². The third-order valence-electron chi connectivity index (χ3n) is 2.33. The molecule has 0 aliphatic rings. The van der Waals surface area contributed by atoms with Crippen molar-refractivity contribution in [2.24, 2.45) is 0 Å². The third-order valence-corrected chi connectivity index (χ3v) is 2.33. The first-order valence-corrected chi connectivity index (χ1v) is 5.85. The standard InChI is InChI=1S/C11H18F3N5/c1-15-10-17-8(11(12,13)14)7-9(18-10)16-5-4-6-19(2)3/h7H,4-6H2,1-3H3,(H2,15,16,17,18). The lowest BCUT2D eigenvalue weighted by atomic mass is 10.3. The van der Waals surface area contributed by atoms with Crippen LogP contribution in [-0.2, 0) is 6.18 Å². The highest BCUT2D eigenvalue weighted by molar-refractivity contribution is 5.42. The number of nitrogens with zero attached hydrogens (tertiary/aromatic N) is 3. The van der Waals surface area contributed by atoms with Gasteiger partial charge in [-0.3, -0.25) is 0 Å². The Hall–Kier alpha value is -1.57. The van der Waals surface area contributed by atoms with Gasteiger partial charge in [-0.2, -0.15) is 18.2 Å². The summed E-state index contributed by atoms with van der Waals surface area (Å²) in [5.74, 6) is 0.121. The maximum Gasteiger partial charge on any atom is 0.433 e. The van der Waals surface area contributed by atoms with Gasteiger partial charge in [0.25, 0.3) is 0 Å². The first-order valence-electron chi connectivity index (χ1n) is 5.85. The Labute approximate surface area is 110 Å². The van der Waals surface area contributed by atoms with Crippen LogP contribution in [0.25, 0.3) is 0 Å². The predicted octanol–water partition coefficient (Wildman–Crippen LogP) is 1.90. The molecule has 0 aliphatic heterocycles. The van der Waals surface area contributed by atoms with Crippen LogP contribution in [0, 0.1) is 0 Å². The Kier molecular flexibility index (Phi) is 5.34. The minimum atomic E-state index is -4.48. The van der Waals surface area contributed by atoms with Gasteiger partial charge in [0, 0.05) is 19.7 Å². The van der Waals surface area contributed by atoms with Gasteiger partial charge in [-0.1, -0.05) is 0 Å². The van der Waals surface area contributed by atoms with Crippen molar-refractivity contribution in [3.63, 3.8) is 0 Å². The molecule has 0 bridgehead atoms. The average molecular weight is 277 g/mol. The van der Waals surface area contributed by atoms with Crippen molar-refractivity contribution in [3.8, 4) is 0 Å². The topological polar surface area (TPSA) is 53.1 Å². The van der Waals surface area contributed by atoms with Gasteiger partial charge >= 0.3 is 6.18 Å². The zero-order valence-corrected chi connectivity index (χ0v) is 11.2. The molecule has 108 valence electrons. The smallest absolute Gasteiger partial charge is 0.370 e. The molecule has 2 N–H and O–H groups in total. The SMILES string of the molecule is CNc1nc(NCCCN(C)C)cc(C(F)(F)F)n1. The van der Waals surface area contributed by atoms with Crippen LogP contribution >= 0.6 is 0 Å². The summed E-state index contributed by atoms with van der Waals surface area (Å²) in [4.78, 5) is 9.32. The van der Waals surface area contributed by atoms with Gasteiger partial charge in [-0.25, -0.2) is 4.98 Å². The van der Waals surface area contributed by atoms with E-state index in [1.165, 1.54) is 7.05 Å². The Morgan fingerprint density at radius 3 is 2.47 bits per heavy atom. The number of aromatic nitrogens is 2. The maximum absolute atomic E-state index is 12.6. The summed E-state index contributed by atoms with van der Waals surface area (Å²) in [5, 5.41) is 5.39. The summed E-state index contributed by atoms with van der Waals surface area (Å²) >= 11 is 0. The minimum absolute atomic E-state index is 0.0510. The number of anilines is 2. The van der Waals surface area contributed by atoms with E-state index in [9.17, 15) is 13.2 Å². The van der Waals surface area contributed by atoms with Crippen molar-refractivity contribution in [1.29, 1.82) is 0 Å².